The van der Waals surface area contributed by atoms with E-state index in [9.17, 15) is 4.79 Å². The van der Waals surface area contributed by atoms with Gasteiger partial charge in [0.1, 0.15) is 17.4 Å². The van der Waals surface area contributed by atoms with Crippen LogP contribution in [0.3, 0.4) is 0 Å². The number of para-hydroxylation sites is 1. The van der Waals surface area contributed by atoms with E-state index in [-0.39, 0.29) is 18.1 Å². The summed E-state index contributed by atoms with van der Waals surface area (Å²) >= 11 is 0. The Balaban J connectivity index is 1.73. The second kappa shape index (κ2) is 11.5. The first kappa shape index (κ1) is 26.2. The molecule has 0 spiro atoms. The average molecular weight is 515 g/mol. The highest BCUT2D eigenvalue weighted by atomic mass is 16.5. The number of carbonyl (C=O) groups excluding carboxylic acids is 1. The summed E-state index contributed by atoms with van der Waals surface area (Å²) in [4.78, 5) is 23.9. The monoisotopic (exact) mass is 514 g/mol. The Morgan fingerprint density at radius 1 is 1.24 bits per heavy atom. The summed E-state index contributed by atoms with van der Waals surface area (Å²) in [6.07, 6.45) is 3.28. The number of aromatic nitrogens is 3. The van der Waals surface area contributed by atoms with Gasteiger partial charge in [-0.1, -0.05) is 18.2 Å². The highest BCUT2D eigenvalue weighted by Crippen LogP contribution is 2.36. The van der Waals surface area contributed by atoms with Gasteiger partial charge in [0.15, 0.2) is 6.61 Å². The molecule has 0 fully saturated rings. The molecule has 4 rings (SSSR count). The third kappa shape index (κ3) is 5.61. The van der Waals surface area contributed by atoms with Crippen molar-refractivity contribution in [1.82, 2.24) is 19.4 Å². The third-order valence-corrected chi connectivity index (χ3v) is 5.92. The van der Waals surface area contributed by atoms with Crippen LogP contribution in [0.25, 0.3) is 22.2 Å². The van der Waals surface area contributed by atoms with Crippen LogP contribution in [-0.4, -0.2) is 66.3 Å². The third-order valence-electron chi connectivity index (χ3n) is 5.92. The summed E-state index contributed by atoms with van der Waals surface area (Å²) < 4.78 is 12.6. The minimum Gasteiger partial charge on any atom is -0.494 e. The molecule has 4 N–H and O–H groups in total. The van der Waals surface area contributed by atoms with Crippen molar-refractivity contribution in [2.45, 2.75) is 0 Å². The molecule has 2 aromatic carbocycles. The van der Waals surface area contributed by atoms with Gasteiger partial charge in [0, 0.05) is 55.1 Å². The fourth-order valence-electron chi connectivity index (χ4n) is 4.05. The zero-order valence-corrected chi connectivity index (χ0v) is 21.8. The molecular formula is C27H30N8O3. The normalized spacial score (nSPS) is 10.8. The fraction of sp³-hybridized carbons (Fsp3) is 0.259. The van der Waals surface area contributed by atoms with Crippen molar-refractivity contribution >= 4 is 39.9 Å². The minimum atomic E-state index is -0.684. The molecule has 0 aliphatic heterocycles. The first-order valence-electron chi connectivity index (χ1n) is 11.9. The molecule has 0 aliphatic rings. The molecule has 2 aromatic heterocycles. The zero-order valence-electron chi connectivity index (χ0n) is 21.8. The second-order valence-electron chi connectivity index (χ2n) is 8.86. The lowest BCUT2D eigenvalue weighted by Crippen LogP contribution is -2.21. The number of methoxy groups -OCH3 is 1. The Morgan fingerprint density at radius 3 is 2.76 bits per heavy atom. The summed E-state index contributed by atoms with van der Waals surface area (Å²) in [6.45, 7) is 1.18. The first-order chi connectivity index (χ1) is 18.3. The number of nitrogens with one attached hydrogen (secondary N) is 2. The Morgan fingerprint density at radius 2 is 2.03 bits per heavy atom. The first-order valence-corrected chi connectivity index (χ1v) is 11.9. The van der Waals surface area contributed by atoms with E-state index >= 15 is 0 Å². The molecule has 0 radical (unpaired) electrons. The number of fused-ring (bicyclic) bond motifs is 1. The van der Waals surface area contributed by atoms with Crippen molar-refractivity contribution in [3.63, 3.8) is 0 Å². The number of anilines is 4. The van der Waals surface area contributed by atoms with Gasteiger partial charge in [0.25, 0.3) is 0 Å². The van der Waals surface area contributed by atoms with E-state index in [0.717, 1.165) is 28.7 Å². The number of nitrogens with two attached hydrogens (primary N) is 1. The van der Waals surface area contributed by atoms with Gasteiger partial charge in [-0.3, -0.25) is 0 Å². The molecule has 0 amide bonds. The highest BCUT2D eigenvalue weighted by Gasteiger charge is 2.21. The number of esters is 1. The maximum Gasteiger partial charge on any atom is 0.342 e. The maximum atomic E-state index is 12.8. The van der Waals surface area contributed by atoms with E-state index in [4.69, 9.17) is 25.5 Å². The molecule has 0 bridgehead atoms. The van der Waals surface area contributed by atoms with Gasteiger partial charge in [-0.2, -0.15) is 5.26 Å². The van der Waals surface area contributed by atoms with Crippen LogP contribution in [-0.2, 0) is 11.8 Å². The number of hydrogen-bond acceptors (Lipinski definition) is 10. The van der Waals surface area contributed by atoms with E-state index in [1.54, 1.807) is 13.2 Å². The highest BCUT2D eigenvalue weighted by molar-refractivity contribution is 6.03. The molecule has 2 heterocycles. The SMILES string of the molecule is COc1cc(NCCN(C)C)c(N)cc1Nc1ncc(C(=O)OCC#N)c(-c2cn(C)c3ccccc23)n1. The van der Waals surface area contributed by atoms with Crippen molar-refractivity contribution in [2.75, 3.05) is 57.3 Å². The minimum absolute atomic E-state index is 0.147. The topological polar surface area (TPSA) is 143 Å². The molecule has 0 saturated heterocycles. The summed E-state index contributed by atoms with van der Waals surface area (Å²) in [5.74, 6) is 0.0890. The number of aryl methyl sites for hydroxylation is 1. The Hall–Kier alpha value is -4.82. The van der Waals surface area contributed by atoms with Crippen LogP contribution in [0.2, 0.25) is 0 Å². The van der Waals surface area contributed by atoms with Crippen LogP contribution < -0.4 is 21.1 Å². The van der Waals surface area contributed by atoms with Crippen molar-refractivity contribution < 1.29 is 14.3 Å². The largest absolute Gasteiger partial charge is 0.494 e. The predicted octanol–water partition coefficient (Wildman–Crippen LogP) is 3.62. The zero-order chi connectivity index (χ0) is 27.2. The summed E-state index contributed by atoms with van der Waals surface area (Å²) in [5, 5.41) is 16.3. The molecule has 196 valence electrons. The number of nitrogens with zero attached hydrogens (tertiary/aromatic N) is 5. The molecule has 0 atom stereocenters. The Bertz CT molecular complexity index is 1510. The van der Waals surface area contributed by atoms with Crippen LogP contribution in [0.15, 0.2) is 48.8 Å². The van der Waals surface area contributed by atoms with E-state index in [2.05, 4.69) is 20.5 Å². The molecule has 0 unspecified atom stereocenters. The number of nitrogen functional groups attached to an aromatic ring is 1. The van der Waals surface area contributed by atoms with E-state index in [1.165, 1.54) is 6.20 Å². The molecule has 0 aliphatic carbocycles. The molecule has 11 nitrogen and oxygen atoms in total. The summed E-state index contributed by atoms with van der Waals surface area (Å²) in [5.41, 5.74) is 10.4. The van der Waals surface area contributed by atoms with Crippen LogP contribution in [0.4, 0.5) is 23.0 Å². The molecule has 0 saturated carbocycles. The van der Waals surface area contributed by atoms with Gasteiger partial charge in [0.2, 0.25) is 5.95 Å². The number of hydrogen-bond donors (Lipinski definition) is 3. The smallest absolute Gasteiger partial charge is 0.342 e. The predicted molar refractivity (Wildman–Crippen MR) is 148 cm³/mol. The van der Waals surface area contributed by atoms with E-state index < -0.39 is 5.97 Å². The number of rotatable bonds is 10. The van der Waals surface area contributed by atoms with Crippen molar-refractivity contribution in [1.29, 1.82) is 5.26 Å². The lowest BCUT2D eigenvalue weighted by Gasteiger charge is -2.17. The average Bonchev–Trinajstić information content (AvgIpc) is 3.24. The van der Waals surface area contributed by atoms with Crippen molar-refractivity contribution in [3.05, 3.63) is 54.4 Å². The number of nitriles is 1. The second-order valence-corrected chi connectivity index (χ2v) is 8.86. The van der Waals surface area contributed by atoms with Gasteiger partial charge in [-0.05, 0) is 26.2 Å². The fourth-order valence-corrected chi connectivity index (χ4v) is 4.05. The van der Waals surface area contributed by atoms with Gasteiger partial charge in [-0.15, -0.1) is 0 Å². The standard InChI is InChI=1S/C27H30N8O3/c1-34(2)11-10-30-21-14-24(37-4)22(13-20(21)29)32-27-31-15-18(26(36)38-12-9-28)25(33-27)19-16-35(3)23-8-6-5-7-17(19)23/h5-8,13-16,30H,10-12,29H2,1-4H3,(H,31,32,33). The van der Waals surface area contributed by atoms with Crippen LogP contribution >= 0.6 is 0 Å². The number of likely N-dealkylation sites (N-methyl/N-ethyl adjacent to an activating group) is 1. The van der Waals surface area contributed by atoms with Crippen LogP contribution in [0, 0.1) is 11.3 Å². The van der Waals surface area contributed by atoms with Crippen molar-refractivity contribution in [3.8, 4) is 23.1 Å². The molecule has 4 aromatic rings. The van der Waals surface area contributed by atoms with Crippen LogP contribution in [0.5, 0.6) is 5.75 Å². The van der Waals surface area contributed by atoms with Gasteiger partial charge >= 0.3 is 5.97 Å². The summed E-state index contributed by atoms with van der Waals surface area (Å²) in [7, 11) is 7.48. The van der Waals surface area contributed by atoms with Gasteiger partial charge < -0.3 is 35.3 Å². The van der Waals surface area contributed by atoms with E-state index in [1.807, 2.05) is 68.3 Å². The molecule has 11 heteroatoms. The quantitative estimate of drug-likeness (QED) is 0.212. The Kier molecular flexibility index (Phi) is 7.94. The lowest BCUT2D eigenvalue weighted by atomic mass is 10.1. The lowest BCUT2D eigenvalue weighted by molar-refractivity contribution is 0.0555. The maximum absolute atomic E-state index is 12.8. The Labute approximate surface area is 220 Å². The molecular weight excluding hydrogens is 484 g/mol. The van der Waals surface area contributed by atoms with Gasteiger partial charge in [-0.25, -0.2) is 14.8 Å². The van der Waals surface area contributed by atoms with E-state index in [0.29, 0.717) is 29.4 Å². The number of carbonyl (C=O) groups is 1. The van der Waals surface area contributed by atoms with Crippen molar-refractivity contribution in [2.24, 2.45) is 7.05 Å². The van der Waals surface area contributed by atoms with Crippen LogP contribution in [0.1, 0.15) is 10.4 Å². The summed E-state index contributed by atoms with van der Waals surface area (Å²) in [6, 6.07) is 13.2. The number of ether oxygens (including phenoxy) is 2. The van der Waals surface area contributed by atoms with Gasteiger partial charge in [0.05, 0.1) is 29.9 Å². The molecule has 38 heavy (non-hydrogen) atoms. The number of benzene rings is 2.